The number of aromatic nitrogens is 1. The summed E-state index contributed by atoms with van der Waals surface area (Å²) in [6, 6.07) is 28.0. The Morgan fingerprint density at radius 2 is 1.52 bits per heavy atom. The van der Waals surface area contributed by atoms with E-state index in [1.807, 2.05) is 67.6 Å². The van der Waals surface area contributed by atoms with Gasteiger partial charge in [-0.15, -0.1) is 11.3 Å². The summed E-state index contributed by atoms with van der Waals surface area (Å²) in [5, 5.41) is 4.64. The van der Waals surface area contributed by atoms with Gasteiger partial charge >= 0.3 is 0 Å². The van der Waals surface area contributed by atoms with Crippen molar-refractivity contribution >= 4 is 28.8 Å². The minimum atomic E-state index is 0.0173. The summed E-state index contributed by atoms with van der Waals surface area (Å²) in [4.78, 5) is 18.6. The maximum absolute atomic E-state index is 12.9. The molecule has 0 bridgehead atoms. The number of thiazole rings is 1. The van der Waals surface area contributed by atoms with Gasteiger partial charge in [0.1, 0.15) is 5.01 Å². The lowest BCUT2D eigenvalue weighted by molar-refractivity contribution is -0.121. The molecule has 0 fully saturated rings. The summed E-state index contributed by atoms with van der Waals surface area (Å²) in [6.07, 6.45) is 0.392. The van der Waals surface area contributed by atoms with Gasteiger partial charge in [-0.2, -0.15) is 0 Å². The summed E-state index contributed by atoms with van der Waals surface area (Å²) < 4.78 is 0. The first kappa shape index (κ1) is 21.3. The number of hydrogen-bond acceptors (Lipinski definition) is 3. The van der Waals surface area contributed by atoms with E-state index >= 15 is 0 Å². The molecule has 3 nitrogen and oxygen atoms in total. The zero-order chi connectivity index (χ0) is 21.6. The van der Waals surface area contributed by atoms with Crippen LogP contribution in [0.1, 0.15) is 34.0 Å². The van der Waals surface area contributed by atoms with E-state index in [1.165, 1.54) is 0 Å². The lowest BCUT2D eigenvalue weighted by atomic mass is 9.88. The molecule has 0 aliphatic carbocycles. The third kappa shape index (κ3) is 5.22. The fourth-order valence-corrected chi connectivity index (χ4v) is 4.90. The van der Waals surface area contributed by atoms with Gasteiger partial charge in [-0.3, -0.25) is 4.79 Å². The van der Waals surface area contributed by atoms with Crippen molar-refractivity contribution < 1.29 is 4.79 Å². The number of carbonyl (C=O) groups excluding carboxylic acids is 1. The van der Waals surface area contributed by atoms with Crippen LogP contribution in [0.2, 0.25) is 5.02 Å². The number of nitrogens with one attached hydrogen (secondary N) is 1. The highest BCUT2D eigenvalue weighted by molar-refractivity contribution is 7.15. The number of carbonyl (C=O) groups is 1. The monoisotopic (exact) mass is 446 g/mol. The van der Waals surface area contributed by atoms with Gasteiger partial charge in [0.25, 0.3) is 0 Å². The van der Waals surface area contributed by atoms with Crippen LogP contribution in [0.3, 0.4) is 0 Å². The Labute approximate surface area is 191 Å². The quantitative estimate of drug-likeness (QED) is 0.347. The molecule has 0 aliphatic rings. The lowest BCUT2D eigenvalue weighted by Crippen LogP contribution is -2.24. The molecular weight excluding hydrogens is 424 g/mol. The van der Waals surface area contributed by atoms with Crippen molar-refractivity contribution in [1.29, 1.82) is 0 Å². The first-order valence-corrected chi connectivity index (χ1v) is 11.4. The average Bonchev–Trinajstić information content (AvgIpc) is 3.17. The smallest absolute Gasteiger partial charge is 0.221 e. The largest absolute Gasteiger partial charge is 0.351 e. The van der Waals surface area contributed by atoms with E-state index in [0.29, 0.717) is 18.0 Å². The molecule has 1 N–H and O–H groups in total. The Morgan fingerprint density at radius 1 is 0.935 bits per heavy atom. The van der Waals surface area contributed by atoms with E-state index in [-0.39, 0.29) is 11.8 Å². The normalized spacial score (nSPS) is 10.9. The molecule has 3 aromatic carbocycles. The molecule has 0 radical (unpaired) electrons. The van der Waals surface area contributed by atoms with Crippen LogP contribution in [0.4, 0.5) is 0 Å². The molecule has 1 amide bonds. The van der Waals surface area contributed by atoms with Crippen molar-refractivity contribution in [3.8, 4) is 10.6 Å². The number of halogens is 1. The predicted molar refractivity (Wildman–Crippen MR) is 128 cm³/mol. The second kappa shape index (κ2) is 9.90. The van der Waals surface area contributed by atoms with Gasteiger partial charge < -0.3 is 5.32 Å². The zero-order valence-corrected chi connectivity index (χ0v) is 18.8. The van der Waals surface area contributed by atoms with Gasteiger partial charge in [0.05, 0.1) is 17.3 Å². The number of rotatable bonds is 7. The summed E-state index contributed by atoms with van der Waals surface area (Å²) in [5.41, 5.74) is 4.11. The standard InChI is InChI=1S/C26H23ClN2OS/c1-18-24(31-26(29-18)21-14-8-9-15-23(21)27)17-28-25(30)16-22(19-10-4-2-5-11-19)20-12-6-3-7-13-20/h2-15,22H,16-17H2,1H3,(H,28,30). The van der Waals surface area contributed by atoms with Crippen LogP contribution in [-0.2, 0) is 11.3 Å². The van der Waals surface area contributed by atoms with E-state index in [0.717, 1.165) is 32.3 Å². The maximum atomic E-state index is 12.9. The van der Waals surface area contributed by atoms with Crippen molar-refractivity contribution in [2.75, 3.05) is 0 Å². The van der Waals surface area contributed by atoms with Crippen molar-refractivity contribution in [1.82, 2.24) is 10.3 Å². The molecule has 156 valence electrons. The van der Waals surface area contributed by atoms with Crippen molar-refractivity contribution in [2.45, 2.75) is 25.8 Å². The highest BCUT2D eigenvalue weighted by Crippen LogP contribution is 2.33. The van der Waals surface area contributed by atoms with Gasteiger partial charge in [-0.25, -0.2) is 4.98 Å². The third-order valence-corrected chi connectivity index (χ3v) is 6.76. The number of benzene rings is 3. The Bertz CT molecular complexity index is 1120. The number of hydrogen-bond donors (Lipinski definition) is 1. The molecule has 0 unspecified atom stereocenters. The molecule has 0 aliphatic heterocycles. The molecule has 5 heteroatoms. The van der Waals surface area contributed by atoms with Crippen molar-refractivity contribution in [2.24, 2.45) is 0 Å². The summed E-state index contributed by atoms with van der Waals surface area (Å²) in [5.74, 6) is 0.0356. The van der Waals surface area contributed by atoms with E-state index in [9.17, 15) is 4.79 Å². The molecule has 0 spiro atoms. The number of nitrogens with zero attached hydrogens (tertiary/aromatic N) is 1. The molecule has 1 aromatic heterocycles. The van der Waals surface area contributed by atoms with E-state index in [2.05, 4.69) is 34.6 Å². The zero-order valence-electron chi connectivity index (χ0n) is 17.2. The first-order valence-electron chi connectivity index (χ1n) is 10.2. The van der Waals surface area contributed by atoms with Crippen LogP contribution < -0.4 is 5.32 Å². The SMILES string of the molecule is Cc1nc(-c2ccccc2Cl)sc1CNC(=O)CC(c1ccccc1)c1ccccc1. The minimum Gasteiger partial charge on any atom is -0.351 e. The van der Waals surface area contributed by atoms with Crippen molar-refractivity contribution in [3.63, 3.8) is 0 Å². The van der Waals surface area contributed by atoms with E-state index < -0.39 is 0 Å². The Balaban J connectivity index is 1.46. The third-order valence-electron chi connectivity index (χ3n) is 5.24. The minimum absolute atomic E-state index is 0.0173. The average molecular weight is 447 g/mol. The van der Waals surface area contributed by atoms with E-state index in [4.69, 9.17) is 11.6 Å². The van der Waals surface area contributed by atoms with E-state index in [1.54, 1.807) is 11.3 Å². The molecule has 0 saturated heterocycles. The van der Waals surface area contributed by atoms with Crippen LogP contribution in [0, 0.1) is 6.92 Å². The molecule has 0 saturated carbocycles. The molecule has 4 rings (SSSR count). The van der Waals surface area contributed by atoms with Crippen molar-refractivity contribution in [3.05, 3.63) is 112 Å². The lowest BCUT2D eigenvalue weighted by Gasteiger charge is -2.18. The topological polar surface area (TPSA) is 42.0 Å². The molecule has 1 heterocycles. The van der Waals surface area contributed by atoms with Gasteiger partial charge in [0, 0.05) is 22.8 Å². The van der Waals surface area contributed by atoms with Crippen LogP contribution in [0.25, 0.3) is 10.6 Å². The van der Waals surface area contributed by atoms with Gasteiger partial charge in [0.15, 0.2) is 0 Å². The summed E-state index contributed by atoms with van der Waals surface area (Å²) in [6.45, 7) is 2.43. The Hall–Kier alpha value is -2.95. The first-order chi connectivity index (χ1) is 15.1. The van der Waals surface area contributed by atoms with Gasteiger partial charge in [0.2, 0.25) is 5.91 Å². The van der Waals surface area contributed by atoms with Gasteiger partial charge in [-0.1, -0.05) is 90.5 Å². The predicted octanol–water partition coefficient (Wildman–Crippen LogP) is 6.61. The number of amides is 1. The van der Waals surface area contributed by atoms with Gasteiger partial charge in [-0.05, 0) is 24.1 Å². The molecule has 0 atom stereocenters. The molecular formula is C26H23ClN2OS. The molecule has 31 heavy (non-hydrogen) atoms. The maximum Gasteiger partial charge on any atom is 0.221 e. The Kier molecular flexibility index (Phi) is 6.80. The number of aryl methyl sites for hydroxylation is 1. The fraction of sp³-hybridized carbons (Fsp3) is 0.154. The Morgan fingerprint density at radius 3 is 2.13 bits per heavy atom. The highest BCUT2D eigenvalue weighted by Gasteiger charge is 2.19. The highest BCUT2D eigenvalue weighted by atomic mass is 35.5. The van der Waals surface area contributed by atoms with Crippen LogP contribution in [0.15, 0.2) is 84.9 Å². The fourth-order valence-electron chi connectivity index (χ4n) is 3.58. The van der Waals surface area contributed by atoms with Crippen LogP contribution in [0.5, 0.6) is 0 Å². The second-order valence-corrected chi connectivity index (χ2v) is 8.85. The molecule has 4 aromatic rings. The van der Waals surface area contributed by atoms with Crippen LogP contribution >= 0.6 is 22.9 Å². The summed E-state index contributed by atoms with van der Waals surface area (Å²) in [7, 11) is 0. The summed E-state index contributed by atoms with van der Waals surface area (Å²) >= 11 is 7.89. The second-order valence-electron chi connectivity index (χ2n) is 7.36. The van der Waals surface area contributed by atoms with Crippen LogP contribution in [-0.4, -0.2) is 10.9 Å².